The molecule has 0 spiro atoms. The first-order valence-electron chi connectivity index (χ1n) is 6.07. The minimum Gasteiger partial charge on any atom is -0.271 e. The molecule has 0 radical (unpaired) electrons. The summed E-state index contributed by atoms with van der Waals surface area (Å²) in [6, 6.07) is 11.0. The summed E-state index contributed by atoms with van der Waals surface area (Å²) in [5.41, 5.74) is 4.97. The molecule has 4 heteroatoms. The Bertz CT molecular complexity index is 570. The Morgan fingerprint density at radius 3 is 2.58 bits per heavy atom. The summed E-state index contributed by atoms with van der Waals surface area (Å²) in [7, 11) is 0. The molecule has 0 heterocycles. The Hall–Kier alpha value is -1.78. The van der Waals surface area contributed by atoms with Gasteiger partial charge in [0, 0.05) is 6.04 Å². The summed E-state index contributed by atoms with van der Waals surface area (Å²) < 4.78 is 26.4. The summed E-state index contributed by atoms with van der Waals surface area (Å²) in [5, 5.41) is 0. The van der Waals surface area contributed by atoms with Crippen molar-refractivity contribution in [2.75, 3.05) is 0 Å². The first-order valence-corrected chi connectivity index (χ1v) is 6.07. The number of nitrogens with one attached hydrogen (secondary N) is 1. The van der Waals surface area contributed by atoms with Gasteiger partial charge in [0.05, 0.1) is 0 Å². The van der Waals surface area contributed by atoms with Crippen LogP contribution in [0.2, 0.25) is 0 Å². The quantitative estimate of drug-likeness (QED) is 0.656. The molecule has 2 aromatic rings. The molecule has 0 aliphatic heterocycles. The first kappa shape index (κ1) is 13.6. The van der Waals surface area contributed by atoms with Crippen LogP contribution in [-0.2, 0) is 6.42 Å². The predicted molar refractivity (Wildman–Crippen MR) is 71.3 cm³/mol. The third-order valence-corrected chi connectivity index (χ3v) is 3.11. The van der Waals surface area contributed by atoms with Crippen molar-refractivity contribution in [1.29, 1.82) is 0 Å². The predicted octanol–water partition coefficient (Wildman–Crippen LogP) is 3.02. The van der Waals surface area contributed by atoms with Crippen molar-refractivity contribution < 1.29 is 8.78 Å². The molecule has 0 saturated heterocycles. The van der Waals surface area contributed by atoms with Crippen molar-refractivity contribution in [2.45, 2.75) is 19.4 Å². The van der Waals surface area contributed by atoms with Crippen LogP contribution in [0.15, 0.2) is 42.5 Å². The maximum Gasteiger partial charge on any atom is 0.126 e. The van der Waals surface area contributed by atoms with Crippen molar-refractivity contribution in [1.82, 2.24) is 5.43 Å². The number of hydrogen-bond acceptors (Lipinski definition) is 2. The molecule has 2 aromatic carbocycles. The van der Waals surface area contributed by atoms with Gasteiger partial charge in [-0.05, 0) is 48.2 Å². The van der Waals surface area contributed by atoms with Crippen LogP contribution in [-0.4, -0.2) is 0 Å². The Morgan fingerprint density at radius 2 is 1.95 bits per heavy atom. The molecular formula is C15H16F2N2. The third-order valence-electron chi connectivity index (χ3n) is 3.11. The largest absolute Gasteiger partial charge is 0.271 e. The van der Waals surface area contributed by atoms with Crippen molar-refractivity contribution >= 4 is 0 Å². The van der Waals surface area contributed by atoms with Crippen LogP contribution in [0, 0.1) is 18.6 Å². The molecule has 1 atom stereocenters. The molecule has 2 nitrogen and oxygen atoms in total. The number of aryl methyl sites for hydroxylation is 1. The average molecular weight is 262 g/mol. The van der Waals surface area contributed by atoms with E-state index < -0.39 is 0 Å². The second-order valence-electron chi connectivity index (χ2n) is 4.56. The lowest BCUT2D eigenvalue weighted by atomic mass is 9.98. The number of rotatable bonds is 4. The normalized spacial score (nSPS) is 12.4. The van der Waals surface area contributed by atoms with E-state index in [0.29, 0.717) is 12.0 Å². The summed E-state index contributed by atoms with van der Waals surface area (Å²) in [5.74, 6) is 5.02. The molecule has 0 aliphatic carbocycles. The fraction of sp³-hybridized carbons (Fsp3) is 0.200. The molecule has 3 N–H and O–H groups in total. The monoisotopic (exact) mass is 262 g/mol. The van der Waals surface area contributed by atoms with Gasteiger partial charge in [-0.2, -0.15) is 0 Å². The van der Waals surface area contributed by atoms with E-state index in [0.717, 1.165) is 11.1 Å². The van der Waals surface area contributed by atoms with Crippen LogP contribution in [0.25, 0.3) is 0 Å². The number of hydrogen-bond donors (Lipinski definition) is 2. The Labute approximate surface area is 111 Å². The Kier molecular flexibility index (Phi) is 4.24. The summed E-state index contributed by atoms with van der Waals surface area (Å²) >= 11 is 0. The molecule has 19 heavy (non-hydrogen) atoms. The molecule has 0 aliphatic rings. The highest BCUT2D eigenvalue weighted by Gasteiger charge is 2.12. The lowest BCUT2D eigenvalue weighted by molar-refractivity contribution is 0.545. The second kappa shape index (κ2) is 5.91. The van der Waals surface area contributed by atoms with E-state index in [1.165, 1.54) is 18.2 Å². The van der Waals surface area contributed by atoms with E-state index in [1.54, 1.807) is 25.1 Å². The van der Waals surface area contributed by atoms with Gasteiger partial charge in [0.15, 0.2) is 0 Å². The number of hydrazine groups is 1. The highest BCUT2D eigenvalue weighted by atomic mass is 19.1. The third kappa shape index (κ3) is 3.36. The summed E-state index contributed by atoms with van der Waals surface area (Å²) in [6.07, 6.45) is 0.541. The van der Waals surface area contributed by atoms with E-state index in [-0.39, 0.29) is 17.7 Å². The van der Waals surface area contributed by atoms with Crippen LogP contribution in [0.5, 0.6) is 0 Å². The zero-order valence-electron chi connectivity index (χ0n) is 10.7. The number of benzene rings is 2. The van der Waals surface area contributed by atoms with Crippen LogP contribution < -0.4 is 11.3 Å². The molecule has 0 aromatic heterocycles. The molecule has 1 unspecified atom stereocenters. The van der Waals surface area contributed by atoms with Crippen LogP contribution in [0.1, 0.15) is 22.7 Å². The molecule has 2 rings (SSSR count). The molecule has 0 saturated carbocycles. The zero-order valence-corrected chi connectivity index (χ0v) is 10.7. The van der Waals surface area contributed by atoms with Crippen LogP contribution in [0.4, 0.5) is 8.78 Å². The average Bonchev–Trinajstić information content (AvgIpc) is 2.39. The summed E-state index contributed by atoms with van der Waals surface area (Å²) in [6.45, 7) is 1.70. The summed E-state index contributed by atoms with van der Waals surface area (Å²) in [4.78, 5) is 0. The van der Waals surface area contributed by atoms with E-state index >= 15 is 0 Å². The standard InChI is InChI=1S/C15H16F2N2/c1-10-7-12(5-6-14(10)17)15(19-18)9-11-3-2-4-13(16)8-11/h2-8,15,19H,9,18H2,1H3. The highest BCUT2D eigenvalue weighted by Crippen LogP contribution is 2.20. The Balaban J connectivity index is 2.22. The zero-order chi connectivity index (χ0) is 13.8. The van der Waals surface area contributed by atoms with E-state index in [9.17, 15) is 8.78 Å². The van der Waals surface area contributed by atoms with Gasteiger partial charge in [0.1, 0.15) is 11.6 Å². The van der Waals surface area contributed by atoms with Gasteiger partial charge in [0.25, 0.3) is 0 Å². The molecule has 100 valence electrons. The van der Waals surface area contributed by atoms with Gasteiger partial charge in [0.2, 0.25) is 0 Å². The van der Waals surface area contributed by atoms with Gasteiger partial charge in [-0.1, -0.05) is 24.3 Å². The molecule has 0 amide bonds. The lowest BCUT2D eigenvalue weighted by Crippen LogP contribution is -2.29. The van der Waals surface area contributed by atoms with Crippen molar-refractivity contribution in [3.63, 3.8) is 0 Å². The lowest BCUT2D eigenvalue weighted by Gasteiger charge is -2.17. The smallest absolute Gasteiger partial charge is 0.126 e. The molecular weight excluding hydrogens is 246 g/mol. The van der Waals surface area contributed by atoms with Gasteiger partial charge in [-0.15, -0.1) is 0 Å². The van der Waals surface area contributed by atoms with Crippen molar-refractivity contribution in [2.24, 2.45) is 5.84 Å². The second-order valence-corrected chi connectivity index (χ2v) is 4.56. The topological polar surface area (TPSA) is 38.0 Å². The number of halogens is 2. The highest BCUT2D eigenvalue weighted by molar-refractivity contribution is 5.28. The van der Waals surface area contributed by atoms with E-state index in [1.807, 2.05) is 6.07 Å². The Morgan fingerprint density at radius 1 is 1.16 bits per heavy atom. The van der Waals surface area contributed by atoms with Gasteiger partial charge >= 0.3 is 0 Å². The van der Waals surface area contributed by atoms with E-state index in [2.05, 4.69) is 5.43 Å². The molecule has 0 fully saturated rings. The van der Waals surface area contributed by atoms with Crippen LogP contribution in [0.3, 0.4) is 0 Å². The fourth-order valence-corrected chi connectivity index (χ4v) is 2.06. The fourth-order valence-electron chi connectivity index (χ4n) is 2.06. The van der Waals surface area contributed by atoms with Gasteiger partial charge in [-0.3, -0.25) is 11.3 Å². The van der Waals surface area contributed by atoms with Crippen molar-refractivity contribution in [3.8, 4) is 0 Å². The van der Waals surface area contributed by atoms with E-state index in [4.69, 9.17) is 5.84 Å². The van der Waals surface area contributed by atoms with Gasteiger partial charge < -0.3 is 0 Å². The molecule has 0 bridgehead atoms. The van der Waals surface area contributed by atoms with Gasteiger partial charge in [-0.25, -0.2) is 8.78 Å². The number of nitrogens with two attached hydrogens (primary N) is 1. The minimum absolute atomic E-state index is 0.180. The SMILES string of the molecule is Cc1cc(C(Cc2cccc(F)c2)NN)ccc1F. The minimum atomic E-state index is -0.274. The van der Waals surface area contributed by atoms with Crippen LogP contribution >= 0.6 is 0 Å². The van der Waals surface area contributed by atoms with Crippen molar-refractivity contribution in [3.05, 3.63) is 70.8 Å². The first-order chi connectivity index (χ1) is 9.10. The maximum absolute atomic E-state index is 13.2. The maximum atomic E-state index is 13.2.